The summed E-state index contributed by atoms with van der Waals surface area (Å²) in [5.41, 5.74) is 0.0263. The molecule has 0 radical (unpaired) electrons. The van der Waals surface area contributed by atoms with E-state index in [1.165, 1.54) is 24.6 Å². The fourth-order valence-electron chi connectivity index (χ4n) is 2.55. The van der Waals surface area contributed by atoms with Crippen LogP contribution >= 0.6 is 0 Å². The van der Waals surface area contributed by atoms with Crippen molar-refractivity contribution in [2.24, 2.45) is 11.8 Å². The van der Waals surface area contributed by atoms with Crippen LogP contribution < -0.4 is 5.32 Å². The highest BCUT2D eigenvalue weighted by Gasteiger charge is 2.26. The highest BCUT2D eigenvalue weighted by molar-refractivity contribution is 5.47. The Hall–Kier alpha value is -1.12. The SMILES string of the molecule is CC1CCC(C)C(Nc2c(F)cccc2F)C1. The largest absolute Gasteiger partial charge is 0.377 e. The molecule has 1 aromatic rings. The first kappa shape index (κ1) is 12.3. The minimum atomic E-state index is -0.504. The lowest BCUT2D eigenvalue weighted by Crippen LogP contribution is -2.34. The molecule has 2 rings (SSSR count). The molecule has 1 N–H and O–H groups in total. The van der Waals surface area contributed by atoms with E-state index in [9.17, 15) is 8.78 Å². The third kappa shape index (κ3) is 2.76. The number of hydrogen-bond acceptors (Lipinski definition) is 1. The number of halogens is 2. The lowest BCUT2D eigenvalue weighted by atomic mass is 9.80. The molecule has 1 aliphatic carbocycles. The van der Waals surface area contributed by atoms with Crippen molar-refractivity contribution < 1.29 is 8.78 Å². The van der Waals surface area contributed by atoms with Crippen molar-refractivity contribution >= 4 is 5.69 Å². The highest BCUT2D eigenvalue weighted by atomic mass is 19.1. The number of anilines is 1. The molecule has 1 saturated carbocycles. The molecule has 0 spiro atoms. The van der Waals surface area contributed by atoms with Crippen molar-refractivity contribution in [2.45, 2.75) is 39.2 Å². The van der Waals surface area contributed by atoms with E-state index < -0.39 is 11.6 Å². The molecule has 17 heavy (non-hydrogen) atoms. The van der Waals surface area contributed by atoms with E-state index in [1.54, 1.807) is 0 Å². The van der Waals surface area contributed by atoms with Crippen LogP contribution in [0, 0.1) is 23.5 Å². The molecule has 3 heteroatoms. The predicted octanol–water partition coefficient (Wildman–Crippen LogP) is 4.20. The monoisotopic (exact) mass is 239 g/mol. The second-order valence-corrected chi connectivity index (χ2v) is 5.24. The maximum absolute atomic E-state index is 13.5. The van der Waals surface area contributed by atoms with Crippen LogP contribution in [0.2, 0.25) is 0 Å². The zero-order valence-electron chi connectivity index (χ0n) is 10.3. The topological polar surface area (TPSA) is 12.0 Å². The first-order chi connectivity index (χ1) is 8.08. The first-order valence-electron chi connectivity index (χ1n) is 6.28. The minimum Gasteiger partial charge on any atom is -0.377 e. The molecule has 1 aromatic carbocycles. The van der Waals surface area contributed by atoms with Crippen LogP contribution in [0.5, 0.6) is 0 Å². The number of hydrogen-bond donors (Lipinski definition) is 1. The van der Waals surface area contributed by atoms with Crippen LogP contribution in [0.15, 0.2) is 18.2 Å². The van der Waals surface area contributed by atoms with Gasteiger partial charge in [0.05, 0.1) is 0 Å². The Bertz CT molecular complexity index is 372. The summed E-state index contributed by atoms with van der Waals surface area (Å²) in [5.74, 6) is 0.0783. The van der Waals surface area contributed by atoms with Gasteiger partial charge in [-0.25, -0.2) is 8.78 Å². The van der Waals surface area contributed by atoms with Gasteiger partial charge in [-0.3, -0.25) is 0 Å². The molecule has 94 valence electrons. The fraction of sp³-hybridized carbons (Fsp3) is 0.571. The van der Waals surface area contributed by atoms with Gasteiger partial charge in [0.2, 0.25) is 0 Å². The number of rotatable bonds is 2. The smallest absolute Gasteiger partial charge is 0.149 e. The zero-order valence-corrected chi connectivity index (χ0v) is 10.3. The summed E-state index contributed by atoms with van der Waals surface area (Å²) in [4.78, 5) is 0. The van der Waals surface area contributed by atoms with Gasteiger partial charge < -0.3 is 5.32 Å². The molecule has 0 saturated heterocycles. The van der Waals surface area contributed by atoms with Crippen molar-refractivity contribution in [3.8, 4) is 0 Å². The Morgan fingerprint density at radius 1 is 1.12 bits per heavy atom. The van der Waals surface area contributed by atoms with Gasteiger partial charge in [0.25, 0.3) is 0 Å². The number of para-hydroxylation sites is 1. The second-order valence-electron chi connectivity index (χ2n) is 5.24. The molecular formula is C14H19F2N. The van der Waals surface area contributed by atoms with Gasteiger partial charge in [-0.05, 0) is 36.8 Å². The van der Waals surface area contributed by atoms with Crippen molar-refractivity contribution in [3.63, 3.8) is 0 Å². The zero-order chi connectivity index (χ0) is 12.4. The van der Waals surface area contributed by atoms with Crippen LogP contribution in [-0.4, -0.2) is 6.04 Å². The lowest BCUT2D eigenvalue weighted by molar-refractivity contribution is 0.279. The van der Waals surface area contributed by atoms with Gasteiger partial charge in [0.15, 0.2) is 0 Å². The van der Waals surface area contributed by atoms with Gasteiger partial charge >= 0.3 is 0 Å². The lowest BCUT2D eigenvalue weighted by Gasteiger charge is -2.34. The van der Waals surface area contributed by atoms with Crippen LogP contribution in [0.3, 0.4) is 0 Å². The van der Waals surface area contributed by atoms with E-state index >= 15 is 0 Å². The summed E-state index contributed by atoms with van der Waals surface area (Å²) in [5, 5.41) is 3.05. The van der Waals surface area contributed by atoms with Crippen LogP contribution in [0.1, 0.15) is 33.1 Å². The fourth-order valence-corrected chi connectivity index (χ4v) is 2.55. The normalized spacial score (nSPS) is 29.1. The molecule has 0 heterocycles. The minimum absolute atomic E-state index is 0.0263. The Morgan fingerprint density at radius 2 is 1.76 bits per heavy atom. The Balaban J connectivity index is 2.14. The Morgan fingerprint density at radius 3 is 2.41 bits per heavy atom. The Kier molecular flexibility index (Phi) is 3.65. The predicted molar refractivity (Wildman–Crippen MR) is 65.9 cm³/mol. The quantitative estimate of drug-likeness (QED) is 0.815. The Labute approximate surface area is 101 Å². The van der Waals surface area contributed by atoms with E-state index in [1.807, 2.05) is 0 Å². The van der Waals surface area contributed by atoms with Crippen LogP contribution in [0.25, 0.3) is 0 Å². The van der Waals surface area contributed by atoms with Crippen LogP contribution in [0.4, 0.5) is 14.5 Å². The molecule has 3 unspecified atom stereocenters. The van der Waals surface area contributed by atoms with Gasteiger partial charge in [0.1, 0.15) is 17.3 Å². The maximum atomic E-state index is 13.5. The van der Waals surface area contributed by atoms with Gasteiger partial charge in [-0.1, -0.05) is 26.3 Å². The van der Waals surface area contributed by atoms with E-state index in [-0.39, 0.29) is 11.7 Å². The molecule has 3 atom stereocenters. The number of benzene rings is 1. The molecule has 0 aliphatic heterocycles. The van der Waals surface area contributed by atoms with E-state index in [4.69, 9.17) is 0 Å². The molecular weight excluding hydrogens is 220 g/mol. The number of nitrogens with one attached hydrogen (secondary N) is 1. The van der Waals surface area contributed by atoms with Gasteiger partial charge in [-0.2, -0.15) is 0 Å². The molecule has 0 aromatic heterocycles. The highest BCUT2D eigenvalue weighted by Crippen LogP contribution is 2.31. The van der Waals surface area contributed by atoms with E-state index in [0.717, 1.165) is 12.8 Å². The third-order valence-corrected chi connectivity index (χ3v) is 3.75. The average molecular weight is 239 g/mol. The maximum Gasteiger partial charge on any atom is 0.149 e. The third-order valence-electron chi connectivity index (χ3n) is 3.75. The van der Waals surface area contributed by atoms with Gasteiger partial charge in [-0.15, -0.1) is 0 Å². The van der Waals surface area contributed by atoms with Crippen molar-refractivity contribution in [2.75, 3.05) is 5.32 Å². The van der Waals surface area contributed by atoms with E-state index in [2.05, 4.69) is 19.2 Å². The van der Waals surface area contributed by atoms with Gasteiger partial charge in [0, 0.05) is 6.04 Å². The summed E-state index contributed by atoms with van der Waals surface area (Å²) >= 11 is 0. The van der Waals surface area contributed by atoms with Crippen molar-refractivity contribution in [1.29, 1.82) is 0 Å². The summed E-state index contributed by atoms with van der Waals surface area (Å²) in [6.45, 7) is 4.33. The van der Waals surface area contributed by atoms with Crippen LogP contribution in [-0.2, 0) is 0 Å². The molecule has 1 nitrogen and oxygen atoms in total. The first-order valence-corrected chi connectivity index (χ1v) is 6.28. The second kappa shape index (κ2) is 5.03. The molecule has 1 fully saturated rings. The van der Waals surface area contributed by atoms with E-state index in [0.29, 0.717) is 11.8 Å². The summed E-state index contributed by atoms with van der Waals surface area (Å²) in [6, 6.07) is 4.15. The summed E-state index contributed by atoms with van der Waals surface area (Å²) in [6.07, 6.45) is 3.31. The summed E-state index contributed by atoms with van der Waals surface area (Å²) < 4.78 is 27.1. The molecule has 0 bridgehead atoms. The van der Waals surface area contributed by atoms with Crippen molar-refractivity contribution in [3.05, 3.63) is 29.8 Å². The van der Waals surface area contributed by atoms with Crippen molar-refractivity contribution in [1.82, 2.24) is 0 Å². The average Bonchev–Trinajstić information content (AvgIpc) is 2.28. The molecule has 1 aliphatic rings. The molecule has 0 amide bonds. The summed E-state index contributed by atoms with van der Waals surface area (Å²) in [7, 11) is 0. The standard InChI is InChI=1S/C14H19F2N/c1-9-6-7-10(2)13(8-9)17-14-11(15)4-3-5-12(14)16/h3-5,9-10,13,17H,6-8H2,1-2H3.